The Balaban J connectivity index is 1.62. The van der Waals surface area contributed by atoms with Crippen molar-refractivity contribution in [1.82, 2.24) is 9.78 Å². The quantitative estimate of drug-likeness (QED) is 0.654. The van der Waals surface area contributed by atoms with Crippen molar-refractivity contribution >= 4 is 24.5 Å². The minimum atomic E-state index is -0.871. The third-order valence-electron chi connectivity index (χ3n) is 6.14. The summed E-state index contributed by atoms with van der Waals surface area (Å²) in [5.41, 5.74) is 7.50. The standard InChI is InChI=1S/C21H26BN5O3/c1-12(2)19-15-8-7-14(9-18(15)30-22(19)29)25-21-16(20(24)28)11-27(26-21)17-6-4-3-5-13(17)10-23/h7-9,11-13,17,19,29H,3-6H2,1-2H3,(H2,24,28)(H,25,26)/t13-,17+,19?/m0/s1. The number of carbonyl (C=O) groups is 1. The number of nitrogens with zero attached hydrogens (tertiary/aromatic N) is 3. The molecule has 4 rings (SSSR count). The molecule has 1 aromatic carbocycles. The number of nitrogens with one attached hydrogen (secondary N) is 1. The lowest BCUT2D eigenvalue weighted by Gasteiger charge is -2.26. The van der Waals surface area contributed by atoms with Crippen LogP contribution < -0.4 is 15.7 Å². The van der Waals surface area contributed by atoms with Crippen molar-refractivity contribution in [3.05, 3.63) is 35.5 Å². The van der Waals surface area contributed by atoms with Crippen LogP contribution in [0.5, 0.6) is 5.75 Å². The van der Waals surface area contributed by atoms with Crippen LogP contribution in [-0.4, -0.2) is 27.8 Å². The molecule has 156 valence electrons. The number of nitriles is 1. The molecule has 30 heavy (non-hydrogen) atoms. The number of fused-ring (bicyclic) bond motifs is 1. The fraction of sp³-hybridized carbons (Fsp3) is 0.476. The van der Waals surface area contributed by atoms with E-state index in [0.29, 0.717) is 17.3 Å². The normalized spacial score (nSPS) is 23.0. The first-order valence-electron chi connectivity index (χ1n) is 10.4. The van der Waals surface area contributed by atoms with Crippen LogP contribution in [0.1, 0.15) is 67.3 Å². The van der Waals surface area contributed by atoms with E-state index in [4.69, 9.17) is 10.4 Å². The Morgan fingerprint density at radius 2 is 2.20 bits per heavy atom. The Kier molecular flexibility index (Phi) is 5.43. The summed E-state index contributed by atoms with van der Waals surface area (Å²) in [6, 6.07) is 7.89. The van der Waals surface area contributed by atoms with E-state index in [1.165, 1.54) is 0 Å². The second-order valence-corrected chi connectivity index (χ2v) is 8.48. The van der Waals surface area contributed by atoms with Gasteiger partial charge in [-0.2, -0.15) is 10.4 Å². The highest BCUT2D eigenvalue weighted by Gasteiger charge is 2.41. The minimum absolute atomic E-state index is 0.0669. The molecule has 1 aliphatic carbocycles. The van der Waals surface area contributed by atoms with E-state index in [1.807, 2.05) is 26.0 Å². The smallest absolute Gasteiger partial charge is 0.530 e. The summed E-state index contributed by atoms with van der Waals surface area (Å²) in [7, 11) is -0.871. The molecule has 8 nitrogen and oxygen atoms in total. The zero-order chi connectivity index (χ0) is 21.4. The predicted octanol–water partition coefficient (Wildman–Crippen LogP) is 3.13. The Labute approximate surface area is 176 Å². The molecule has 2 heterocycles. The molecule has 1 aliphatic heterocycles. The summed E-state index contributed by atoms with van der Waals surface area (Å²) in [5.74, 6) is 0.409. The number of aromatic nitrogens is 2. The van der Waals surface area contributed by atoms with Crippen molar-refractivity contribution in [2.24, 2.45) is 17.6 Å². The molecule has 3 atom stereocenters. The van der Waals surface area contributed by atoms with Gasteiger partial charge in [-0.05, 0) is 30.4 Å². The molecule has 2 aliphatic rings. The van der Waals surface area contributed by atoms with E-state index in [1.54, 1.807) is 16.9 Å². The topological polar surface area (TPSA) is 126 Å². The molecular formula is C21H26BN5O3. The number of primary amides is 1. The van der Waals surface area contributed by atoms with Crippen molar-refractivity contribution in [2.75, 3.05) is 5.32 Å². The fourth-order valence-electron chi connectivity index (χ4n) is 4.58. The van der Waals surface area contributed by atoms with Crippen LogP contribution in [0, 0.1) is 23.2 Å². The van der Waals surface area contributed by atoms with Gasteiger partial charge in [0, 0.05) is 23.8 Å². The number of benzene rings is 1. The number of nitrogens with two attached hydrogens (primary N) is 1. The Bertz CT molecular complexity index is 999. The SMILES string of the molecule is CC(C)C1B(O)Oc2cc(Nc3nn([C@@H]4CCCC[C@H]4C#N)cc3C(N)=O)ccc21. The van der Waals surface area contributed by atoms with E-state index in [2.05, 4.69) is 16.5 Å². The van der Waals surface area contributed by atoms with Crippen molar-refractivity contribution < 1.29 is 14.5 Å². The number of hydrogen-bond acceptors (Lipinski definition) is 6. The number of amides is 1. The average molecular weight is 407 g/mol. The second kappa shape index (κ2) is 8.03. The lowest BCUT2D eigenvalue weighted by Crippen LogP contribution is -2.27. The molecule has 1 unspecified atom stereocenters. The van der Waals surface area contributed by atoms with Crippen molar-refractivity contribution in [1.29, 1.82) is 5.26 Å². The van der Waals surface area contributed by atoms with Gasteiger partial charge in [0.05, 0.1) is 18.0 Å². The molecule has 4 N–H and O–H groups in total. The van der Waals surface area contributed by atoms with Crippen LogP contribution in [-0.2, 0) is 0 Å². The molecule has 1 saturated carbocycles. The van der Waals surface area contributed by atoms with Crippen LogP contribution in [0.25, 0.3) is 0 Å². The van der Waals surface area contributed by atoms with Gasteiger partial charge in [0.2, 0.25) is 0 Å². The molecule has 9 heteroatoms. The molecule has 1 amide bonds. The molecule has 0 spiro atoms. The third kappa shape index (κ3) is 3.63. The third-order valence-corrected chi connectivity index (χ3v) is 6.14. The zero-order valence-corrected chi connectivity index (χ0v) is 17.2. The number of rotatable bonds is 5. The highest BCUT2D eigenvalue weighted by molar-refractivity contribution is 6.47. The summed E-state index contributed by atoms with van der Waals surface area (Å²) in [5, 5.41) is 27.4. The first-order valence-corrected chi connectivity index (χ1v) is 10.4. The van der Waals surface area contributed by atoms with Crippen LogP contribution in [0.4, 0.5) is 11.5 Å². The summed E-state index contributed by atoms with van der Waals surface area (Å²) in [6.45, 7) is 4.09. The van der Waals surface area contributed by atoms with Gasteiger partial charge < -0.3 is 20.7 Å². The van der Waals surface area contributed by atoms with Gasteiger partial charge in [-0.3, -0.25) is 9.48 Å². The largest absolute Gasteiger partial charge is 0.535 e. The Morgan fingerprint density at radius 3 is 2.90 bits per heavy atom. The van der Waals surface area contributed by atoms with Crippen molar-refractivity contribution in [2.45, 2.75) is 51.4 Å². The Hall–Kier alpha value is -2.99. The van der Waals surface area contributed by atoms with Gasteiger partial charge in [-0.25, -0.2) is 0 Å². The van der Waals surface area contributed by atoms with E-state index < -0.39 is 13.0 Å². The van der Waals surface area contributed by atoms with E-state index >= 15 is 0 Å². The average Bonchev–Trinajstić information content (AvgIpc) is 3.27. The summed E-state index contributed by atoms with van der Waals surface area (Å²) in [6.07, 6.45) is 5.37. The lowest BCUT2D eigenvalue weighted by atomic mass is 9.65. The maximum Gasteiger partial charge on any atom is 0.530 e. The number of carbonyl (C=O) groups excluding carboxylic acids is 1. The highest BCUT2D eigenvalue weighted by atomic mass is 16.5. The molecule has 0 saturated heterocycles. The molecule has 0 bridgehead atoms. The summed E-state index contributed by atoms with van der Waals surface area (Å²) in [4.78, 5) is 12.0. The molecule has 0 radical (unpaired) electrons. The molecule has 2 aromatic rings. The van der Waals surface area contributed by atoms with E-state index in [0.717, 1.165) is 31.2 Å². The van der Waals surface area contributed by atoms with E-state index in [9.17, 15) is 15.1 Å². The van der Waals surface area contributed by atoms with Gasteiger partial charge in [0.25, 0.3) is 5.91 Å². The first-order chi connectivity index (χ1) is 14.4. The number of anilines is 2. The van der Waals surface area contributed by atoms with Crippen molar-refractivity contribution in [3.8, 4) is 11.8 Å². The van der Waals surface area contributed by atoms with E-state index in [-0.39, 0.29) is 29.3 Å². The predicted molar refractivity (Wildman–Crippen MR) is 113 cm³/mol. The number of hydrogen-bond donors (Lipinski definition) is 3. The van der Waals surface area contributed by atoms with Gasteiger partial charge in [-0.15, -0.1) is 0 Å². The van der Waals surface area contributed by atoms with Crippen LogP contribution >= 0.6 is 0 Å². The van der Waals surface area contributed by atoms with Crippen LogP contribution in [0.2, 0.25) is 0 Å². The molecule has 1 aromatic heterocycles. The lowest BCUT2D eigenvalue weighted by molar-refractivity contribution is 0.100. The maximum atomic E-state index is 12.0. The molecule has 1 fully saturated rings. The second-order valence-electron chi connectivity index (χ2n) is 8.48. The minimum Gasteiger partial charge on any atom is -0.535 e. The monoisotopic (exact) mass is 407 g/mol. The first kappa shape index (κ1) is 20.3. The highest BCUT2D eigenvalue weighted by Crippen LogP contribution is 2.42. The fourth-order valence-corrected chi connectivity index (χ4v) is 4.58. The van der Waals surface area contributed by atoms with Gasteiger partial charge in [-0.1, -0.05) is 32.8 Å². The van der Waals surface area contributed by atoms with Gasteiger partial charge in [0.1, 0.15) is 11.3 Å². The Morgan fingerprint density at radius 1 is 1.43 bits per heavy atom. The van der Waals surface area contributed by atoms with Gasteiger partial charge in [0.15, 0.2) is 5.82 Å². The van der Waals surface area contributed by atoms with Crippen LogP contribution in [0.3, 0.4) is 0 Å². The zero-order valence-electron chi connectivity index (χ0n) is 17.2. The van der Waals surface area contributed by atoms with Crippen LogP contribution in [0.15, 0.2) is 24.4 Å². The van der Waals surface area contributed by atoms with Crippen molar-refractivity contribution in [3.63, 3.8) is 0 Å². The summed E-state index contributed by atoms with van der Waals surface area (Å²) < 4.78 is 7.33. The molecular weight excluding hydrogens is 381 g/mol. The maximum absolute atomic E-state index is 12.0. The van der Waals surface area contributed by atoms with Gasteiger partial charge >= 0.3 is 7.12 Å². The summed E-state index contributed by atoms with van der Waals surface area (Å²) >= 11 is 0.